The zero-order valence-corrected chi connectivity index (χ0v) is 42.5. The topological polar surface area (TPSA) is 195 Å². The Hall–Kier alpha value is -6.60. The highest BCUT2D eigenvalue weighted by molar-refractivity contribution is 7.90. The number of nitrogens with zero attached hydrogens (tertiary/aromatic N) is 5. The summed E-state index contributed by atoms with van der Waals surface area (Å²) in [6, 6.07) is 27.7. The quantitative estimate of drug-likeness (QED) is 0.0529. The minimum Gasteiger partial charge on any atom is -0.497 e. The maximum atomic E-state index is 14.7. The molecule has 10 rings (SSSR count). The van der Waals surface area contributed by atoms with Gasteiger partial charge >= 0.3 is 0 Å². The predicted molar refractivity (Wildman–Crippen MR) is 277 cm³/mol. The van der Waals surface area contributed by atoms with Crippen LogP contribution in [-0.2, 0) is 16.6 Å². The van der Waals surface area contributed by atoms with Crippen molar-refractivity contribution in [2.45, 2.75) is 94.3 Å². The molecule has 16 nitrogen and oxygen atoms in total. The number of amides is 1. The van der Waals surface area contributed by atoms with Gasteiger partial charge in [-0.2, -0.15) is 0 Å². The molecule has 73 heavy (non-hydrogen) atoms. The molecule has 1 amide bonds. The smallest absolute Gasteiger partial charge is 0.293 e. The van der Waals surface area contributed by atoms with Crippen molar-refractivity contribution >= 4 is 44.0 Å². The minimum absolute atomic E-state index is 0.0173. The van der Waals surface area contributed by atoms with Gasteiger partial charge in [0.15, 0.2) is 0 Å². The first kappa shape index (κ1) is 50.0. The molecular formula is C55H63FN8O8S. The van der Waals surface area contributed by atoms with Crippen molar-refractivity contribution in [3.63, 3.8) is 0 Å². The third-order valence-corrected chi connectivity index (χ3v) is 17.0. The number of nitro groups is 1. The number of anilines is 2. The largest absolute Gasteiger partial charge is 0.497 e. The monoisotopic (exact) mass is 1010 g/mol. The van der Waals surface area contributed by atoms with Crippen molar-refractivity contribution in [2.24, 2.45) is 11.3 Å². The van der Waals surface area contributed by atoms with E-state index in [9.17, 15) is 32.8 Å². The summed E-state index contributed by atoms with van der Waals surface area (Å²) in [4.78, 5) is 39.7. The maximum absolute atomic E-state index is 14.7. The standard InChI is InChI=1S/C55H63FN8O8S/c1-35(2)43-7-5-6-8-44(43)50-32-61(31-37-9-12-40(71-4)13-10-37)21-22-63(50)39-26-55(27-39)33-62(34-55)38-11-15-45(51(23-38)72-41-24-46-47(56)30-59-52(46)58-29-41)53(65)60-73(69,70)42-14-16-48(49(25-42)64(67)68)57-28-36-17-19-54(3,66)20-18-36/h5-16,23-25,29-30,35-36,39,50,57,66H,17-22,26-28,31-34H2,1-4H3,(H,58,59)(H,60,65)/t36?,50-,54?/m1/s1. The first-order valence-corrected chi connectivity index (χ1v) is 26.6. The molecule has 4 aliphatic rings. The highest BCUT2D eigenvalue weighted by Crippen LogP contribution is 2.54. The second kappa shape index (κ2) is 20.0. The number of carbonyl (C=O) groups is 1. The number of piperazine rings is 1. The van der Waals surface area contributed by atoms with Gasteiger partial charge in [0.2, 0.25) is 0 Å². The number of hydrogen-bond acceptors (Lipinski definition) is 13. The zero-order chi connectivity index (χ0) is 51.2. The van der Waals surface area contributed by atoms with Crippen LogP contribution in [0.5, 0.6) is 17.2 Å². The van der Waals surface area contributed by atoms with Crippen LogP contribution in [0.25, 0.3) is 11.0 Å². The fraction of sp³-hybridized carbons (Fsp3) is 0.418. The molecule has 1 spiro atoms. The van der Waals surface area contributed by atoms with Gasteiger partial charge in [-0.15, -0.1) is 0 Å². The number of carbonyl (C=O) groups excluding carboxylic acids is 1. The third kappa shape index (κ3) is 10.6. The minimum atomic E-state index is -4.64. The van der Waals surface area contributed by atoms with Gasteiger partial charge in [-0.1, -0.05) is 50.2 Å². The lowest BCUT2D eigenvalue weighted by atomic mass is 9.59. The molecule has 2 aromatic heterocycles. The van der Waals surface area contributed by atoms with Crippen molar-refractivity contribution in [3.05, 3.63) is 142 Å². The second-order valence-electron chi connectivity index (χ2n) is 21.2. The molecular weight excluding hydrogens is 952 g/mol. The van der Waals surface area contributed by atoms with Gasteiger partial charge in [-0.25, -0.2) is 22.5 Å². The predicted octanol–water partition coefficient (Wildman–Crippen LogP) is 9.53. The molecule has 2 aliphatic carbocycles. The number of aromatic amines is 1. The Morgan fingerprint density at radius 3 is 2.48 bits per heavy atom. The summed E-state index contributed by atoms with van der Waals surface area (Å²) in [6.45, 7) is 12.0. The number of aliphatic hydroxyl groups is 1. The van der Waals surface area contributed by atoms with Crippen LogP contribution in [0, 0.1) is 27.3 Å². The van der Waals surface area contributed by atoms with Crippen molar-refractivity contribution in [1.29, 1.82) is 0 Å². The van der Waals surface area contributed by atoms with Gasteiger partial charge in [0, 0.05) is 87.3 Å². The van der Waals surface area contributed by atoms with E-state index < -0.39 is 42.9 Å². The van der Waals surface area contributed by atoms with Crippen LogP contribution in [0.15, 0.2) is 108 Å². The molecule has 0 radical (unpaired) electrons. The van der Waals surface area contributed by atoms with Crippen molar-refractivity contribution in [3.8, 4) is 17.2 Å². The third-order valence-electron chi connectivity index (χ3n) is 15.6. The molecule has 4 aromatic carbocycles. The summed E-state index contributed by atoms with van der Waals surface area (Å²) in [6.07, 6.45) is 7.37. The fourth-order valence-corrected chi connectivity index (χ4v) is 12.5. The summed E-state index contributed by atoms with van der Waals surface area (Å²) in [5, 5.41) is 25.8. The Labute approximate surface area is 425 Å². The number of fused-ring (bicyclic) bond motifs is 1. The summed E-state index contributed by atoms with van der Waals surface area (Å²) < 4.78 is 56.1. The summed E-state index contributed by atoms with van der Waals surface area (Å²) >= 11 is 0. The van der Waals surface area contributed by atoms with Gasteiger partial charge in [-0.3, -0.25) is 24.7 Å². The Bertz CT molecular complexity index is 3120. The van der Waals surface area contributed by atoms with Crippen LogP contribution in [-0.4, -0.2) is 102 Å². The van der Waals surface area contributed by atoms with Crippen LogP contribution < -0.4 is 24.4 Å². The Kier molecular flexibility index (Phi) is 13.7. The normalized spacial score (nSPS) is 21.4. The number of ether oxygens (including phenoxy) is 2. The number of nitrogens with one attached hydrogen (secondary N) is 3. The summed E-state index contributed by atoms with van der Waals surface area (Å²) in [7, 11) is -2.96. The number of H-pyrrole nitrogens is 1. The van der Waals surface area contributed by atoms with Gasteiger partial charge < -0.3 is 29.8 Å². The van der Waals surface area contributed by atoms with E-state index >= 15 is 0 Å². The fourth-order valence-electron chi connectivity index (χ4n) is 11.5. The van der Waals surface area contributed by atoms with Crippen LogP contribution in [0.3, 0.4) is 0 Å². The van der Waals surface area contributed by atoms with E-state index in [1.165, 1.54) is 53.3 Å². The number of methoxy groups -OCH3 is 1. The maximum Gasteiger partial charge on any atom is 0.293 e. The van der Waals surface area contributed by atoms with Crippen LogP contribution in [0.1, 0.15) is 98.3 Å². The van der Waals surface area contributed by atoms with Gasteiger partial charge in [0.25, 0.3) is 21.6 Å². The number of benzene rings is 4. The highest BCUT2D eigenvalue weighted by Gasteiger charge is 2.55. The lowest BCUT2D eigenvalue weighted by Crippen LogP contribution is -2.68. The first-order chi connectivity index (χ1) is 34.9. The van der Waals surface area contributed by atoms with E-state index in [4.69, 9.17) is 9.47 Å². The lowest BCUT2D eigenvalue weighted by molar-refractivity contribution is -0.384. The number of aromatic nitrogens is 2. The summed E-state index contributed by atoms with van der Waals surface area (Å²) in [5.41, 5.74) is 4.02. The molecule has 4 fully saturated rings. The number of sulfonamides is 1. The Morgan fingerprint density at radius 2 is 1.75 bits per heavy atom. The van der Waals surface area contributed by atoms with Crippen molar-refractivity contribution < 1.29 is 37.1 Å². The molecule has 2 aliphatic heterocycles. The molecule has 0 unspecified atom stereocenters. The molecule has 4 N–H and O–H groups in total. The van der Waals surface area contributed by atoms with E-state index in [1.54, 1.807) is 26.2 Å². The average Bonchev–Trinajstić information content (AvgIpc) is 3.72. The van der Waals surface area contributed by atoms with E-state index in [0.717, 1.165) is 82.5 Å². The number of rotatable bonds is 16. The molecule has 2 saturated carbocycles. The molecule has 2 saturated heterocycles. The molecule has 6 aromatic rings. The summed E-state index contributed by atoms with van der Waals surface area (Å²) in [5.74, 6) is -0.0167. The van der Waals surface area contributed by atoms with Gasteiger partial charge in [0.05, 0.1) is 39.7 Å². The highest BCUT2D eigenvalue weighted by atomic mass is 32.2. The van der Waals surface area contributed by atoms with Crippen LogP contribution in [0.2, 0.25) is 0 Å². The van der Waals surface area contributed by atoms with E-state index in [0.29, 0.717) is 37.0 Å². The SMILES string of the molecule is COc1ccc(CN2CCN(C3CC4(C3)CN(c3ccc(C(=O)NS(=O)(=O)c5ccc(NCC6CCC(C)(O)CC6)c([N+](=O)[O-])c5)c(Oc5cnc6[nH]cc(F)c6c5)c3)C4)[C@@H](c3ccccc3C(C)C)C2)cc1. The Balaban J connectivity index is 0.847. The van der Waals surface area contributed by atoms with Crippen molar-refractivity contribution in [1.82, 2.24) is 24.5 Å². The lowest BCUT2D eigenvalue weighted by Gasteiger charge is -2.63. The van der Waals surface area contributed by atoms with Crippen molar-refractivity contribution in [2.75, 3.05) is 56.6 Å². The molecule has 4 heterocycles. The molecule has 0 bridgehead atoms. The average molecular weight is 1020 g/mol. The van der Waals surface area contributed by atoms with Gasteiger partial charge in [-0.05, 0) is 116 Å². The Morgan fingerprint density at radius 1 is 1.00 bits per heavy atom. The number of hydrogen-bond donors (Lipinski definition) is 4. The zero-order valence-electron chi connectivity index (χ0n) is 41.6. The number of nitro benzene ring substituents is 1. The second-order valence-corrected chi connectivity index (χ2v) is 22.9. The van der Waals surface area contributed by atoms with E-state index in [1.807, 2.05) is 12.1 Å². The number of pyridine rings is 1. The van der Waals surface area contributed by atoms with Crippen LogP contribution >= 0.6 is 0 Å². The molecule has 384 valence electrons. The molecule has 18 heteroatoms. The number of halogens is 1. The first-order valence-electron chi connectivity index (χ1n) is 25.2. The van der Waals surface area contributed by atoms with Gasteiger partial charge in [0.1, 0.15) is 34.4 Å². The van der Waals surface area contributed by atoms with Crippen LogP contribution in [0.4, 0.5) is 21.5 Å². The van der Waals surface area contributed by atoms with E-state index in [-0.39, 0.29) is 45.5 Å². The molecule has 1 atom stereocenters. The van der Waals surface area contributed by atoms with E-state index in [2.05, 4.69) is 85.0 Å².